The minimum Gasteiger partial charge on any atom is -0.384 e. The fourth-order valence-electron chi connectivity index (χ4n) is 3.06. The fourth-order valence-corrected chi connectivity index (χ4v) is 3.64. The normalized spacial score (nSPS) is 25.9. The van der Waals surface area contributed by atoms with Crippen LogP contribution in [0.25, 0.3) is 0 Å². The molecule has 1 heterocycles. The quantitative estimate of drug-likeness (QED) is 0.920. The molecule has 3 atom stereocenters. The Labute approximate surface area is 118 Å². The molecule has 3 unspecified atom stereocenters. The van der Waals surface area contributed by atoms with Gasteiger partial charge in [-0.05, 0) is 36.4 Å². The van der Waals surface area contributed by atoms with E-state index >= 15 is 0 Å². The topological polar surface area (TPSA) is 21.3 Å². The van der Waals surface area contributed by atoms with E-state index in [1.807, 2.05) is 0 Å². The SMILES string of the molecule is COCC(C)C1CCNCC1c1ccccc1Br. The first-order chi connectivity index (χ1) is 8.74. The van der Waals surface area contributed by atoms with Crippen molar-refractivity contribution in [3.05, 3.63) is 34.3 Å². The molecule has 0 spiro atoms. The largest absolute Gasteiger partial charge is 0.384 e. The van der Waals surface area contributed by atoms with Gasteiger partial charge in [0.25, 0.3) is 0 Å². The lowest BCUT2D eigenvalue weighted by atomic mass is 9.75. The van der Waals surface area contributed by atoms with Gasteiger partial charge in [-0.3, -0.25) is 0 Å². The molecule has 100 valence electrons. The number of halogens is 1. The number of ether oxygens (including phenoxy) is 1. The van der Waals surface area contributed by atoms with Crippen molar-refractivity contribution >= 4 is 15.9 Å². The van der Waals surface area contributed by atoms with Crippen LogP contribution in [0.1, 0.15) is 24.8 Å². The average molecular weight is 312 g/mol. The predicted molar refractivity (Wildman–Crippen MR) is 78.9 cm³/mol. The van der Waals surface area contributed by atoms with E-state index in [1.54, 1.807) is 7.11 Å². The van der Waals surface area contributed by atoms with Gasteiger partial charge in [0.1, 0.15) is 0 Å². The summed E-state index contributed by atoms with van der Waals surface area (Å²) in [6.07, 6.45) is 1.23. The summed E-state index contributed by atoms with van der Waals surface area (Å²) in [5.41, 5.74) is 1.43. The maximum Gasteiger partial charge on any atom is 0.0490 e. The predicted octanol–water partition coefficient (Wildman–Crippen LogP) is 3.42. The summed E-state index contributed by atoms with van der Waals surface area (Å²) in [6.45, 7) is 5.36. The zero-order chi connectivity index (χ0) is 13.0. The van der Waals surface area contributed by atoms with Gasteiger partial charge in [0.15, 0.2) is 0 Å². The molecule has 2 nitrogen and oxygen atoms in total. The van der Waals surface area contributed by atoms with Crippen LogP contribution in [0.3, 0.4) is 0 Å². The molecule has 2 rings (SSSR count). The summed E-state index contributed by atoms with van der Waals surface area (Å²) in [5.74, 6) is 1.89. The van der Waals surface area contributed by atoms with Crippen molar-refractivity contribution < 1.29 is 4.74 Å². The molecule has 1 saturated heterocycles. The molecule has 0 amide bonds. The maximum absolute atomic E-state index is 5.34. The number of benzene rings is 1. The van der Waals surface area contributed by atoms with Crippen LogP contribution < -0.4 is 5.32 Å². The Morgan fingerprint density at radius 3 is 2.94 bits per heavy atom. The average Bonchev–Trinajstić information content (AvgIpc) is 2.40. The molecule has 1 aromatic rings. The molecular formula is C15H22BrNO. The first-order valence-electron chi connectivity index (χ1n) is 6.68. The van der Waals surface area contributed by atoms with Crippen LogP contribution in [0, 0.1) is 11.8 Å². The summed E-state index contributed by atoms with van der Waals surface area (Å²) < 4.78 is 6.57. The Morgan fingerprint density at radius 1 is 1.44 bits per heavy atom. The zero-order valence-electron chi connectivity index (χ0n) is 11.2. The Balaban J connectivity index is 2.20. The highest BCUT2D eigenvalue weighted by atomic mass is 79.9. The zero-order valence-corrected chi connectivity index (χ0v) is 12.7. The second-order valence-corrected chi connectivity index (χ2v) is 6.07. The van der Waals surface area contributed by atoms with Crippen molar-refractivity contribution in [2.45, 2.75) is 19.3 Å². The Hall–Kier alpha value is -0.380. The van der Waals surface area contributed by atoms with Crippen LogP contribution in [0.15, 0.2) is 28.7 Å². The van der Waals surface area contributed by atoms with E-state index in [0.29, 0.717) is 17.8 Å². The fraction of sp³-hybridized carbons (Fsp3) is 0.600. The molecule has 1 aliphatic heterocycles. The molecule has 1 fully saturated rings. The smallest absolute Gasteiger partial charge is 0.0490 e. The number of methoxy groups -OCH3 is 1. The van der Waals surface area contributed by atoms with E-state index in [0.717, 1.165) is 19.7 Å². The van der Waals surface area contributed by atoms with Crippen molar-refractivity contribution in [1.29, 1.82) is 0 Å². The van der Waals surface area contributed by atoms with Gasteiger partial charge >= 0.3 is 0 Å². The molecule has 0 aromatic heterocycles. The van der Waals surface area contributed by atoms with Crippen LogP contribution in [0.5, 0.6) is 0 Å². The number of hydrogen-bond acceptors (Lipinski definition) is 2. The van der Waals surface area contributed by atoms with Crippen molar-refractivity contribution in [3.63, 3.8) is 0 Å². The van der Waals surface area contributed by atoms with Crippen LogP contribution in [-0.4, -0.2) is 26.8 Å². The lowest BCUT2D eigenvalue weighted by Gasteiger charge is -2.36. The number of nitrogens with one attached hydrogen (secondary N) is 1. The van der Waals surface area contributed by atoms with Gasteiger partial charge in [0.2, 0.25) is 0 Å². The van der Waals surface area contributed by atoms with E-state index < -0.39 is 0 Å². The second-order valence-electron chi connectivity index (χ2n) is 5.22. The number of hydrogen-bond donors (Lipinski definition) is 1. The highest BCUT2D eigenvalue weighted by Crippen LogP contribution is 2.37. The molecule has 1 aliphatic rings. The molecule has 0 aliphatic carbocycles. The standard InChI is InChI=1S/C15H22BrNO/c1-11(10-18-2)12-7-8-17-9-14(12)13-5-3-4-6-15(13)16/h3-6,11-12,14,17H,7-10H2,1-2H3. The molecule has 0 bridgehead atoms. The van der Waals surface area contributed by atoms with Crippen molar-refractivity contribution in [2.75, 3.05) is 26.8 Å². The van der Waals surface area contributed by atoms with Crippen LogP contribution in [-0.2, 0) is 4.74 Å². The molecular weight excluding hydrogens is 290 g/mol. The molecule has 0 saturated carbocycles. The Bertz CT molecular complexity index is 383. The van der Waals surface area contributed by atoms with E-state index in [1.165, 1.54) is 16.5 Å². The number of piperidine rings is 1. The van der Waals surface area contributed by atoms with Gasteiger partial charge < -0.3 is 10.1 Å². The van der Waals surface area contributed by atoms with E-state index in [4.69, 9.17) is 4.74 Å². The van der Waals surface area contributed by atoms with Crippen LogP contribution >= 0.6 is 15.9 Å². The molecule has 3 heteroatoms. The Kier molecular flexibility index (Phi) is 5.22. The van der Waals surface area contributed by atoms with Gasteiger partial charge in [-0.25, -0.2) is 0 Å². The molecule has 18 heavy (non-hydrogen) atoms. The lowest BCUT2D eigenvalue weighted by Crippen LogP contribution is -2.39. The highest BCUT2D eigenvalue weighted by molar-refractivity contribution is 9.10. The minimum absolute atomic E-state index is 0.583. The van der Waals surface area contributed by atoms with Crippen molar-refractivity contribution in [3.8, 4) is 0 Å². The summed E-state index contributed by atoms with van der Waals surface area (Å²) in [4.78, 5) is 0. The second kappa shape index (κ2) is 6.69. The first-order valence-corrected chi connectivity index (χ1v) is 7.47. The monoisotopic (exact) mass is 311 g/mol. The summed E-state index contributed by atoms with van der Waals surface area (Å²) in [5, 5.41) is 3.53. The van der Waals surface area contributed by atoms with Crippen molar-refractivity contribution in [1.82, 2.24) is 5.32 Å². The van der Waals surface area contributed by atoms with E-state index in [-0.39, 0.29) is 0 Å². The van der Waals surface area contributed by atoms with Gasteiger partial charge in [-0.1, -0.05) is 41.1 Å². The van der Waals surface area contributed by atoms with E-state index in [2.05, 4.69) is 52.4 Å². The summed E-state index contributed by atoms with van der Waals surface area (Å²) in [7, 11) is 1.80. The Morgan fingerprint density at radius 2 is 2.22 bits per heavy atom. The molecule has 0 radical (unpaired) electrons. The molecule has 1 aromatic carbocycles. The van der Waals surface area contributed by atoms with E-state index in [9.17, 15) is 0 Å². The van der Waals surface area contributed by atoms with Crippen LogP contribution in [0.4, 0.5) is 0 Å². The van der Waals surface area contributed by atoms with Gasteiger partial charge in [0.05, 0.1) is 0 Å². The van der Waals surface area contributed by atoms with Gasteiger partial charge in [-0.2, -0.15) is 0 Å². The van der Waals surface area contributed by atoms with Crippen LogP contribution in [0.2, 0.25) is 0 Å². The number of rotatable bonds is 4. The minimum atomic E-state index is 0.583. The maximum atomic E-state index is 5.34. The van der Waals surface area contributed by atoms with Crippen molar-refractivity contribution in [2.24, 2.45) is 11.8 Å². The third-order valence-electron chi connectivity index (χ3n) is 4.00. The third kappa shape index (κ3) is 3.14. The van der Waals surface area contributed by atoms with Gasteiger partial charge in [0, 0.05) is 30.7 Å². The van der Waals surface area contributed by atoms with Gasteiger partial charge in [-0.15, -0.1) is 0 Å². The molecule has 1 N–H and O–H groups in total. The summed E-state index contributed by atoms with van der Waals surface area (Å²) >= 11 is 3.69. The first kappa shape index (κ1) is 14.0. The lowest BCUT2D eigenvalue weighted by molar-refractivity contribution is 0.107. The third-order valence-corrected chi connectivity index (χ3v) is 4.72. The summed E-state index contributed by atoms with van der Waals surface area (Å²) in [6, 6.07) is 8.60. The highest BCUT2D eigenvalue weighted by Gasteiger charge is 2.31.